The molecule has 0 fully saturated rings. The number of benzene rings is 2. The van der Waals surface area contributed by atoms with Gasteiger partial charge in [-0.25, -0.2) is 0 Å². The molecule has 2 aromatic rings. The number of carbonyl (C=O) groups is 1. The maximum atomic E-state index is 12.4. The highest BCUT2D eigenvalue weighted by atomic mass is 16.1. The Kier molecular flexibility index (Phi) is 4.13. The highest BCUT2D eigenvalue weighted by molar-refractivity contribution is 5.99. The molecule has 0 heterocycles. The van der Waals surface area contributed by atoms with Crippen molar-refractivity contribution in [3.05, 3.63) is 70.3 Å². The normalized spacial score (nSPS) is 10.5. The SMILES string of the molecule is Cc1ccc(C)c(C(=O)Cc2ccccc2CN)c1. The van der Waals surface area contributed by atoms with Gasteiger partial charge in [0.25, 0.3) is 0 Å². The smallest absolute Gasteiger partial charge is 0.167 e. The molecule has 2 aromatic carbocycles. The number of carbonyl (C=O) groups excluding carboxylic acids is 1. The van der Waals surface area contributed by atoms with E-state index in [0.29, 0.717) is 13.0 Å². The van der Waals surface area contributed by atoms with Crippen LogP contribution in [0.25, 0.3) is 0 Å². The minimum absolute atomic E-state index is 0.155. The first-order chi connectivity index (χ1) is 9.11. The molecule has 98 valence electrons. The number of aryl methyl sites for hydroxylation is 2. The molecule has 0 aliphatic rings. The summed E-state index contributed by atoms with van der Waals surface area (Å²) in [7, 11) is 0. The van der Waals surface area contributed by atoms with Crippen LogP contribution < -0.4 is 5.73 Å². The van der Waals surface area contributed by atoms with E-state index in [9.17, 15) is 4.79 Å². The molecule has 19 heavy (non-hydrogen) atoms. The standard InChI is InChI=1S/C17H19NO/c1-12-7-8-13(2)16(9-12)17(19)10-14-5-3-4-6-15(14)11-18/h3-9H,10-11,18H2,1-2H3. The zero-order chi connectivity index (χ0) is 13.8. The van der Waals surface area contributed by atoms with Crippen LogP contribution in [0.3, 0.4) is 0 Å². The second kappa shape index (κ2) is 5.81. The maximum absolute atomic E-state index is 12.4. The van der Waals surface area contributed by atoms with Gasteiger partial charge in [0, 0.05) is 18.5 Å². The zero-order valence-corrected chi connectivity index (χ0v) is 11.4. The fourth-order valence-electron chi connectivity index (χ4n) is 2.23. The Bertz CT molecular complexity index is 602. The van der Waals surface area contributed by atoms with E-state index in [1.165, 1.54) is 0 Å². The van der Waals surface area contributed by atoms with E-state index in [1.807, 2.05) is 56.3 Å². The summed E-state index contributed by atoms with van der Waals surface area (Å²) >= 11 is 0. The van der Waals surface area contributed by atoms with Gasteiger partial charge in [0.15, 0.2) is 5.78 Å². The van der Waals surface area contributed by atoms with E-state index in [4.69, 9.17) is 5.73 Å². The van der Waals surface area contributed by atoms with Gasteiger partial charge >= 0.3 is 0 Å². The first kappa shape index (κ1) is 13.5. The average Bonchev–Trinajstić information content (AvgIpc) is 2.42. The molecule has 2 N–H and O–H groups in total. The average molecular weight is 253 g/mol. The Balaban J connectivity index is 2.28. The highest BCUT2D eigenvalue weighted by Gasteiger charge is 2.12. The van der Waals surface area contributed by atoms with Crippen molar-refractivity contribution in [2.45, 2.75) is 26.8 Å². The summed E-state index contributed by atoms with van der Waals surface area (Å²) in [6.07, 6.45) is 0.414. The number of rotatable bonds is 4. The molecule has 2 heteroatoms. The molecule has 0 amide bonds. The van der Waals surface area contributed by atoms with Gasteiger partial charge in [-0.15, -0.1) is 0 Å². The summed E-state index contributed by atoms with van der Waals surface area (Å²) in [6, 6.07) is 13.8. The lowest BCUT2D eigenvalue weighted by Gasteiger charge is -2.09. The number of nitrogens with two attached hydrogens (primary N) is 1. The molecule has 2 nitrogen and oxygen atoms in total. The van der Waals surface area contributed by atoms with Crippen molar-refractivity contribution in [3.8, 4) is 0 Å². The summed E-state index contributed by atoms with van der Waals surface area (Å²) in [6.45, 7) is 4.45. The topological polar surface area (TPSA) is 43.1 Å². The van der Waals surface area contributed by atoms with Crippen LogP contribution in [0, 0.1) is 13.8 Å². The third-order valence-electron chi connectivity index (χ3n) is 3.38. The van der Waals surface area contributed by atoms with Crippen LogP contribution in [0.4, 0.5) is 0 Å². The van der Waals surface area contributed by atoms with Crippen LogP contribution in [0.2, 0.25) is 0 Å². The molecule has 0 radical (unpaired) electrons. The molecule has 0 atom stereocenters. The molecular weight excluding hydrogens is 234 g/mol. The molecule has 0 unspecified atom stereocenters. The summed E-state index contributed by atoms with van der Waals surface area (Å²) in [5.74, 6) is 0.155. The minimum atomic E-state index is 0.155. The summed E-state index contributed by atoms with van der Waals surface area (Å²) in [5.41, 5.74) is 10.7. The fraction of sp³-hybridized carbons (Fsp3) is 0.235. The second-order valence-corrected chi connectivity index (χ2v) is 4.89. The molecule has 0 saturated heterocycles. The highest BCUT2D eigenvalue weighted by Crippen LogP contribution is 2.16. The van der Waals surface area contributed by atoms with Gasteiger partial charge in [-0.1, -0.05) is 42.0 Å². The van der Waals surface area contributed by atoms with Crippen molar-refractivity contribution in [2.75, 3.05) is 0 Å². The van der Waals surface area contributed by atoms with Crippen LogP contribution in [-0.4, -0.2) is 5.78 Å². The Morgan fingerprint density at radius 1 is 1.05 bits per heavy atom. The fourth-order valence-corrected chi connectivity index (χ4v) is 2.23. The molecule has 0 spiro atoms. The molecular formula is C17H19NO. The van der Waals surface area contributed by atoms with Crippen molar-refractivity contribution in [3.63, 3.8) is 0 Å². The first-order valence-corrected chi connectivity index (χ1v) is 6.49. The quantitative estimate of drug-likeness (QED) is 0.850. The van der Waals surface area contributed by atoms with Crippen molar-refractivity contribution >= 4 is 5.78 Å². The van der Waals surface area contributed by atoms with E-state index in [1.54, 1.807) is 0 Å². The number of Topliss-reactive ketones (excluding diaryl/α,β-unsaturated/α-hetero) is 1. The number of ketones is 1. The van der Waals surface area contributed by atoms with Gasteiger partial charge in [-0.2, -0.15) is 0 Å². The number of hydrogen-bond acceptors (Lipinski definition) is 2. The van der Waals surface area contributed by atoms with Crippen LogP contribution >= 0.6 is 0 Å². The Labute approximate surface area is 114 Å². The van der Waals surface area contributed by atoms with Crippen molar-refractivity contribution < 1.29 is 4.79 Å². The molecule has 0 aliphatic carbocycles. The number of hydrogen-bond donors (Lipinski definition) is 1. The summed E-state index contributed by atoms with van der Waals surface area (Å²) < 4.78 is 0. The largest absolute Gasteiger partial charge is 0.326 e. The van der Waals surface area contributed by atoms with Gasteiger partial charge < -0.3 is 5.73 Å². The van der Waals surface area contributed by atoms with Crippen molar-refractivity contribution in [1.82, 2.24) is 0 Å². The predicted molar refractivity (Wildman–Crippen MR) is 78.3 cm³/mol. The predicted octanol–water partition coefficient (Wildman–Crippen LogP) is 3.19. The van der Waals surface area contributed by atoms with E-state index in [-0.39, 0.29) is 5.78 Å². The molecule has 0 saturated carbocycles. The lowest BCUT2D eigenvalue weighted by molar-refractivity contribution is 0.0992. The Hall–Kier alpha value is -1.93. The van der Waals surface area contributed by atoms with E-state index < -0.39 is 0 Å². The maximum Gasteiger partial charge on any atom is 0.167 e. The second-order valence-electron chi connectivity index (χ2n) is 4.89. The third kappa shape index (κ3) is 3.09. The lowest BCUT2D eigenvalue weighted by atomic mass is 9.95. The van der Waals surface area contributed by atoms with Crippen LogP contribution in [-0.2, 0) is 13.0 Å². The summed E-state index contributed by atoms with van der Waals surface area (Å²) in [5, 5.41) is 0. The summed E-state index contributed by atoms with van der Waals surface area (Å²) in [4.78, 5) is 12.4. The minimum Gasteiger partial charge on any atom is -0.326 e. The van der Waals surface area contributed by atoms with Crippen molar-refractivity contribution in [1.29, 1.82) is 0 Å². The van der Waals surface area contributed by atoms with Gasteiger partial charge in [-0.05, 0) is 36.6 Å². The van der Waals surface area contributed by atoms with Gasteiger partial charge in [-0.3, -0.25) is 4.79 Å². The van der Waals surface area contributed by atoms with Gasteiger partial charge in [0.2, 0.25) is 0 Å². The Morgan fingerprint density at radius 3 is 2.42 bits per heavy atom. The van der Waals surface area contributed by atoms with E-state index >= 15 is 0 Å². The van der Waals surface area contributed by atoms with Gasteiger partial charge in [0.05, 0.1) is 0 Å². The lowest BCUT2D eigenvalue weighted by Crippen LogP contribution is -2.09. The van der Waals surface area contributed by atoms with E-state index in [2.05, 4.69) is 0 Å². The monoisotopic (exact) mass is 253 g/mol. The van der Waals surface area contributed by atoms with Crippen LogP contribution in [0.15, 0.2) is 42.5 Å². The third-order valence-corrected chi connectivity index (χ3v) is 3.38. The van der Waals surface area contributed by atoms with Crippen LogP contribution in [0.1, 0.15) is 32.6 Å². The zero-order valence-electron chi connectivity index (χ0n) is 11.4. The molecule has 2 rings (SSSR count). The van der Waals surface area contributed by atoms with Crippen LogP contribution in [0.5, 0.6) is 0 Å². The van der Waals surface area contributed by atoms with Crippen molar-refractivity contribution in [2.24, 2.45) is 5.73 Å². The van der Waals surface area contributed by atoms with Gasteiger partial charge in [0.1, 0.15) is 0 Å². The molecule has 0 bridgehead atoms. The Morgan fingerprint density at radius 2 is 1.74 bits per heavy atom. The van der Waals surface area contributed by atoms with E-state index in [0.717, 1.165) is 27.8 Å². The molecule has 0 aliphatic heterocycles. The molecule has 0 aromatic heterocycles. The first-order valence-electron chi connectivity index (χ1n) is 6.49.